The highest BCUT2D eigenvalue weighted by molar-refractivity contribution is 6.17. The van der Waals surface area contributed by atoms with Crippen LogP contribution >= 0.6 is 11.6 Å². The first-order valence-electron chi connectivity index (χ1n) is 4.56. The van der Waals surface area contributed by atoms with E-state index in [1.165, 1.54) is 5.56 Å². The zero-order valence-corrected chi connectivity index (χ0v) is 8.90. The van der Waals surface area contributed by atoms with E-state index in [1.807, 2.05) is 12.1 Å². The smallest absolute Gasteiger partial charge is 0.123 e. The molecule has 13 heavy (non-hydrogen) atoms. The van der Waals surface area contributed by atoms with Gasteiger partial charge in [-0.2, -0.15) is 0 Å². The Hall–Kier alpha value is -0.690. The van der Waals surface area contributed by atoms with E-state index < -0.39 is 0 Å². The van der Waals surface area contributed by atoms with Gasteiger partial charge in [0.05, 0.1) is 12.5 Å². The van der Waals surface area contributed by atoms with Gasteiger partial charge in [0.2, 0.25) is 0 Å². The van der Waals surface area contributed by atoms with Crippen molar-refractivity contribution < 1.29 is 4.74 Å². The van der Waals surface area contributed by atoms with Crippen LogP contribution in [0.25, 0.3) is 0 Å². The average Bonchev–Trinajstić information content (AvgIpc) is 2.16. The standard InChI is InChI=1S/C11H15ClO/c1-3-6-13-11-5-4-9(2)7-10(11)8-12/h4-5,7H,3,6,8H2,1-2H3. The molecule has 0 N–H and O–H groups in total. The van der Waals surface area contributed by atoms with Crippen LogP contribution in [0.15, 0.2) is 18.2 Å². The lowest BCUT2D eigenvalue weighted by molar-refractivity contribution is 0.315. The van der Waals surface area contributed by atoms with Crippen molar-refractivity contribution >= 4 is 11.6 Å². The molecule has 0 atom stereocenters. The summed E-state index contributed by atoms with van der Waals surface area (Å²) < 4.78 is 5.55. The number of rotatable bonds is 4. The van der Waals surface area contributed by atoms with E-state index in [0.29, 0.717) is 5.88 Å². The van der Waals surface area contributed by atoms with Gasteiger partial charge in [-0.3, -0.25) is 0 Å². The quantitative estimate of drug-likeness (QED) is 0.673. The molecule has 0 aromatic heterocycles. The lowest BCUT2D eigenvalue weighted by atomic mass is 10.1. The molecule has 0 saturated heterocycles. The minimum Gasteiger partial charge on any atom is -0.493 e. The van der Waals surface area contributed by atoms with Gasteiger partial charge in [0.15, 0.2) is 0 Å². The monoisotopic (exact) mass is 198 g/mol. The third-order valence-corrected chi connectivity index (χ3v) is 2.11. The summed E-state index contributed by atoms with van der Waals surface area (Å²) >= 11 is 5.80. The molecule has 0 aliphatic rings. The van der Waals surface area contributed by atoms with Crippen LogP contribution in [0.1, 0.15) is 24.5 Å². The lowest BCUT2D eigenvalue weighted by Gasteiger charge is -2.09. The van der Waals surface area contributed by atoms with E-state index in [0.717, 1.165) is 24.3 Å². The minimum atomic E-state index is 0.515. The maximum atomic E-state index is 5.80. The molecule has 1 aromatic rings. The van der Waals surface area contributed by atoms with Gasteiger partial charge in [0, 0.05) is 5.56 Å². The highest BCUT2D eigenvalue weighted by Crippen LogP contribution is 2.21. The molecular weight excluding hydrogens is 184 g/mol. The van der Waals surface area contributed by atoms with Gasteiger partial charge in [0.1, 0.15) is 5.75 Å². The number of ether oxygens (including phenoxy) is 1. The fourth-order valence-corrected chi connectivity index (χ4v) is 1.37. The fourth-order valence-electron chi connectivity index (χ4n) is 1.17. The second-order valence-electron chi connectivity index (χ2n) is 3.09. The van der Waals surface area contributed by atoms with E-state index in [-0.39, 0.29) is 0 Å². The van der Waals surface area contributed by atoms with Crippen molar-refractivity contribution in [1.82, 2.24) is 0 Å². The van der Waals surface area contributed by atoms with Crippen molar-refractivity contribution in [2.75, 3.05) is 6.61 Å². The molecule has 0 aliphatic heterocycles. The summed E-state index contributed by atoms with van der Waals surface area (Å²) in [5.74, 6) is 1.43. The topological polar surface area (TPSA) is 9.23 Å². The Morgan fingerprint density at radius 1 is 1.38 bits per heavy atom. The third-order valence-electron chi connectivity index (χ3n) is 1.82. The Bertz CT molecular complexity index is 271. The second-order valence-corrected chi connectivity index (χ2v) is 3.36. The van der Waals surface area contributed by atoms with Crippen LogP contribution in [0.5, 0.6) is 5.75 Å². The summed E-state index contributed by atoms with van der Waals surface area (Å²) in [5, 5.41) is 0. The minimum absolute atomic E-state index is 0.515. The number of benzene rings is 1. The molecule has 0 unspecified atom stereocenters. The van der Waals surface area contributed by atoms with Crippen molar-refractivity contribution in [2.24, 2.45) is 0 Å². The van der Waals surface area contributed by atoms with Gasteiger partial charge in [0.25, 0.3) is 0 Å². The molecule has 0 aliphatic carbocycles. The van der Waals surface area contributed by atoms with Crippen molar-refractivity contribution in [3.63, 3.8) is 0 Å². The Balaban J connectivity index is 2.79. The van der Waals surface area contributed by atoms with Crippen LogP contribution in [0.4, 0.5) is 0 Å². The van der Waals surface area contributed by atoms with Gasteiger partial charge in [-0.05, 0) is 19.4 Å². The number of hydrogen-bond acceptors (Lipinski definition) is 1. The molecule has 0 amide bonds. The lowest BCUT2D eigenvalue weighted by Crippen LogP contribution is -1.98. The Morgan fingerprint density at radius 2 is 2.15 bits per heavy atom. The third kappa shape index (κ3) is 2.92. The predicted octanol–water partition coefficient (Wildman–Crippen LogP) is 3.52. The van der Waals surface area contributed by atoms with Crippen molar-refractivity contribution in [3.05, 3.63) is 29.3 Å². The van der Waals surface area contributed by atoms with Crippen molar-refractivity contribution in [3.8, 4) is 5.75 Å². The van der Waals surface area contributed by atoms with E-state index in [4.69, 9.17) is 16.3 Å². The summed E-state index contributed by atoms with van der Waals surface area (Å²) in [5.41, 5.74) is 2.30. The summed E-state index contributed by atoms with van der Waals surface area (Å²) in [7, 11) is 0. The molecule has 0 saturated carbocycles. The van der Waals surface area contributed by atoms with E-state index in [1.54, 1.807) is 0 Å². The fraction of sp³-hybridized carbons (Fsp3) is 0.455. The van der Waals surface area contributed by atoms with Crippen LogP contribution in [0.2, 0.25) is 0 Å². The van der Waals surface area contributed by atoms with Crippen molar-refractivity contribution in [1.29, 1.82) is 0 Å². The van der Waals surface area contributed by atoms with Crippen LogP contribution in [-0.4, -0.2) is 6.61 Å². The zero-order valence-electron chi connectivity index (χ0n) is 8.14. The highest BCUT2D eigenvalue weighted by Gasteiger charge is 2.01. The molecule has 2 heteroatoms. The molecule has 1 aromatic carbocycles. The van der Waals surface area contributed by atoms with Crippen LogP contribution in [-0.2, 0) is 5.88 Å². The molecule has 0 radical (unpaired) electrons. The maximum Gasteiger partial charge on any atom is 0.123 e. The molecule has 0 bridgehead atoms. The van der Waals surface area contributed by atoms with Gasteiger partial charge < -0.3 is 4.74 Å². The van der Waals surface area contributed by atoms with Crippen LogP contribution in [0.3, 0.4) is 0 Å². The number of halogens is 1. The van der Waals surface area contributed by atoms with E-state index in [2.05, 4.69) is 19.9 Å². The Morgan fingerprint density at radius 3 is 2.77 bits per heavy atom. The second kappa shape index (κ2) is 5.13. The molecular formula is C11H15ClO. The molecule has 1 rings (SSSR count). The summed E-state index contributed by atoms with van der Waals surface area (Å²) in [6, 6.07) is 6.10. The van der Waals surface area contributed by atoms with Crippen LogP contribution < -0.4 is 4.74 Å². The first-order chi connectivity index (χ1) is 6.27. The molecule has 0 fully saturated rings. The SMILES string of the molecule is CCCOc1ccc(C)cc1CCl. The molecule has 0 spiro atoms. The summed E-state index contributed by atoms with van der Waals surface area (Å²) in [6.07, 6.45) is 1.02. The number of aryl methyl sites for hydroxylation is 1. The van der Waals surface area contributed by atoms with Crippen molar-refractivity contribution in [2.45, 2.75) is 26.1 Å². The van der Waals surface area contributed by atoms with Gasteiger partial charge in [-0.1, -0.05) is 24.6 Å². The molecule has 0 heterocycles. The Kier molecular flexibility index (Phi) is 4.10. The summed E-state index contributed by atoms with van der Waals surface area (Å²) in [6.45, 7) is 4.90. The van der Waals surface area contributed by atoms with E-state index >= 15 is 0 Å². The molecule has 1 nitrogen and oxygen atoms in total. The normalized spacial score (nSPS) is 10.1. The average molecular weight is 199 g/mol. The number of alkyl halides is 1. The van der Waals surface area contributed by atoms with Gasteiger partial charge >= 0.3 is 0 Å². The van der Waals surface area contributed by atoms with Gasteiger partial charge in [-0.15, -0.1) is 11.6 Å². The summed E-state index contributed by atoms with van der Waals surface area (Å²) in [4.78, 5) is 0. The van der Waals surface area contributed by atoms with Gasteiger partial charge in [-0.25, -0.2) is 0 Å². The zero-order chi connectivity index (χ0) is 9.68. The first-order valence-corrected chi connectivity index (χ1v) is 5.09. The highest BCUT2D eigenvalue weighted by atomic mass is 35.5. The van der Waals surface area contributed by atoms with E-state index in [9.17, 15) is 0 Å². The maximum absolute atomic E-state index is 5.80. The Labute approximate surface area is 84.7 Å². The molecule has 72 valence electrons. The number of hydrogen-bond donors (Lipinski definition) is 0. The largest absolute Gasteiger partial charge is 0.493 e. The first kappa shape index (κ1) is 10.4. The van der Waals surface area contributed by atoms with Crippen LogP contribution in [0, 0.1) is 6.92 Å². The predicted molar refractivity (Wildman–Crippen MR) is 56.5 cm³/mol.